The first kappa shape index (κ1) is 10.3. The zero-order chi connectivity index (χ0) is 10.5. The predicted octanol–water partition coefficient (Wildman–Crippen LogP) is 2.22. The van der Waals surface area contributed by atoms with Gasteiger partial charge in [0.05, 0.1) is 6.10 Å². The number of pyridine rings is 1. The minimum atomic E-state index is 0.188. The zero-order valence-corrected chi connectivity index (χ0v) is 8.69. The maximum absolute atomic E-state index is 11.7. The molecule has 1 aliphatic heterocycles. The fourth-order valence-electron chi connectivity index (χ4n) is 1.85. The summed E-state index contributed by atoms with van der Waals surface area (Å²) in [6, 6.07) is 3.52. The van der Waals surface area contributed by atoms with Gasteiger partial charge in [0, 0.05) is 31.0 Å². The molecule has 0 saturated carbocycles. The predicted molar refractivity (Wildman–Crippen MR) is 56.8 cm³/mol. The molecule has 0 bridgehead atoms. The first-order chi connectivity index (χ1) is 7.36. The lowest BCUT2D eigenvalue weighted by Crippen LogP contribution is -2.08. The average molecular weight is 205 g/mol. The molecule has 1 atom stereocenters. The molecule has 15 heavy (non-hydrogen) atoms. The van der Waals surface area contributed by atoms with Gasteiger partial charge in [-0.3, -0.25) is 9.78 Å². The number of carbonyl (C=O) groups excluding carboxylic acids is 1. The lowest BCUT2D eigenvalue weighted by Gasteiger charge is -2.07. The Kier molecular flexibility index (Phi) is 3.45. The second kappa shape index (κ2) is 5.03. The van der Waals surface area contributed by atoms with E-state index in [4.69, 9.17) is 4.74 Å². The Labute approximate surface area is 89.5 Å². The second-order valence-electron chi connectivity index (χ2n) is 3.83. The van der Waals surface area contributed by atoms with Crippen LogP contribution >= 0.6 is 0 Å². The number of nitrogens with zero attached hydrogens (tertiary/aromatic N) is 1. The number of Topliss-reactive ketones (excluding diaryl/α,β-unsaturated/α-hetero) is 1. The smallest absolute Gasteiger partial charge is 0.163 e. The molecular weight excluding hydrogens is 190 g/mol. The molecule has 1 aliphatic rings. The van der Waals surface area contributed by atoms with Gasteiger partial charge in [0.1, 0.15) is 0 Å². The SMILES string of the molecule is O=C(CCC1CCCO1)c1ccncc1. The van der Waals surface area contributed by atoms with E-state index in [0.717, 1.165) is 31.4 Å². The first-order valence-electron chi connectivity index (χ1n) is 5.41. The number of ether oxygens (including phenoxy) is 1. The van der Waals surface area contributed by atoms with Gasteiger partial charge in [0.2, 0.25) is 0 Å². The van der Waals surface area contributed by atoms with Gasteiger partial charge < -0.3 is 4.74 Å². The topological polar surface area (TPSA) is 39.2 Å². The van der Waals surface area contributed by atoms with E-state index in [2.05, 4.69) is 4.98 Å². The molecular formula is C12H15NO2. The minimum Gasteiger partial charge on any atom is -0.378 e. The van der Waals surface area contributed by atoms with Gasteiger partial charge in [-0.1, -0.05) is 0 Å². The van der Waals surface area contributed by atoms with Crippen LogP contribution in [0.4, 0.5) is 0 Å². The fourth-order valence-corrected chi connectivity index (χ4v) is 1.85. The number of rotatable bonds is 4. The van der Waals surface area contributed by atoms with E-state index in [9.17, 15) is 4.79 Å². The van der Waals surface area contributed by atoms with Crippen molar-refractivity contribution in [3.05, 3.63) is 30.1 Å². The standard InChI is InChI=1S/C12H15NO2/c14-12(10-5-7-13-8-6-10)4-3-11-2-1-9-15-11/h5-8,11H,1-4,9H2. The van der Waals surface area contributed by atoms with Gasteiger partial charge in [-0.25, -0.2) is 0 Å². The van der Waals surface area contributed by atoms with E-state index in [1.165, 1.54) is 0 Å². The van der Waals surface area contributed by atoms with Crippen LogP contribution in [0.3, 0.4) is 0 Å². The third kappa shape index (κ3) is 2.86. The molecule has 1 unspecified atom stereocenters. The van der Waals surface area contributed by atoms with Gasteiger partial charge in [-0.2, -0.15) is 0 Å². The van der Waals surface area contributed by atoms with E-state index in [-0.39, 0.29) is 5.78 Å². The third-order valence-corrected chi connectivity index (χ3v) is 2.72. The molecule has 1 fully saturated rings. The Balaban J connectivity index is 1.82. The van der Waals surface area contributed by atoms with Gasteiger partial charge in [0.15, 0.2) is 5.78 Å². The molecule has 80 valence electrons. The van der Waals surface area contributed by atoms with Crippen molar-refractivity contribution in [1.82, 2.24) is 4.98 Å². The van der Waals surface area contributed by atoms with Crippen LogP contribution in [-0.4, -0.2) is 23.5 Å². The van der Waals surface area contributed by atoms with E-state index in [0.29, 0.717) is 12.5 Å². The lowest BCUT2D eigenvalue weighted by atomic mass is 10.0. The number of aromatic nitrogens is 1. The molecule has 3 heteroatoms. The lowest BCUT2D eigenvalue weighted by molar-refractivity contribution is 0.0859. The van der Waals surface area contributed by atoms with Crippen LogP contribution in [0.1, 0.15) is 36.0 Å². The maximum Gasteiger partial charge on any atom is 0.163 e. The third-order valence-electron chi connectivity index (χ3n) is 2.72. The molecule has 0 N–H and O–H groups in total. The molecule has 0 amide bonds. The van der Waals surface area contributed by atoms with E-state index < -0.39 is 0 Å². The van der Waals surface area contributed by atoms with Crippen LogP contribution < -0.4 is 0 Å². The quantitative estimate of drug-likeness (QED) is 0.707. The van der Waals surface area contributed by atoms with Crippen molar-refractivity contribution in [2.45, 2.75) is 31.8 Å². The van der Waals surface area contributed by atoms with Crippen LogP contribution in [-0.2, 0) is 4.74 Å². The summed E-state index contributed by atoms with van der Waals surface area (Å²) >= 11 is 0. The molecule has 2 heterocycles. The molecule has 2 rings (SSSR count). The van der Waals surface area contributed by atoms with Gasteiger partial charge in [-0.15, -0.1) is 0 Å². The number of carbonyl (C=O) groups is 1. The van der Waals surface area contributed by atoms with E-state index >= 15 is 0 Å². The Morgan fingerprint density at radius 3 is 2.93 bits per heavy atom. The molecule has 0 spiro atoms. The Morgan fingerprint density at radius 2 is 2.27 bits per heavy atom. The number of hydrogen-bond acceptors (Lipinski definition) is 3. The molecule has 1 aromatic heterocycles. The van der Waals surface area contributed by atoms with Crippen molar-refractivity contribution < 1.29 is 9.53 Å². The van der Waals surface area contributed by atoms with Gasteiger partial charge >= 0.3 is 0 Å². The molecule has 1 aromatic rings. The van der Waals surface area contributed by atoms with Crippen LogP contribution in [0.15, 0.2) is 24.5 Å². The van der Waals surface area contributed by atoms with Crippen LogP contribution in [0.2, 0.25) is 0 Å². The highest BCUT2D eigenvalue weighted by molar-refractivity contribution is 5.95. The summed E-state index contributed by atoms with van der Waals surface area (Å²) in [5.74, 6) is 0.188. The number of ketones is 1. The molecule has 0 aromatic carbocycles. The summed E-state index contributed by atoms with van der Waals surface area (Å²) in [5.41, 5.74) is 0.753. The van der Waals surface area contributed by atoms with Crippen LogP contribution in [0.25, 0.3) is 0 Å². The Bertz CT molecular complexity index is 318. The summed E-state index contributed by atoms with van der Waals surface area (Å²) in [5, 5.41) is 0. The normalized spacial score (nSPS) is 20.4. The fraction of sp³-hybridized carbons (Fsp3) is 0.500. The Morgan fingerprint density at radius 1 is 1.47 bits per heavy atom. The number of hydrogen-bond donors (Lipinski definition) is 0. The molecule has 1 saturated heterocycles. The summed E-state index contributed by atoms with van der Waals surface area (Å²) in [7, 11) is 0. The van der Waals surface area contributed by atoms with Crippen molar-refractivity contribution in [3.63, 3.8) is 0 Å². The summed E-state index contributed by atoms with van der Waals surface area (Å²) in [4.78, 5) is 15.6. The highest BCUT2D eigenvalue weighted by Crippen LogP contribution is 2.18. The van der Waals surface area contributed by atoms with E-state index in [1.807, 2.05) is 0 Å². The van der Waals surface area contributed by atoms with Gasteiger partial charge in [0.25, 0.3) is 0 Å². The van der Waals surface area contributed by atoms with Crippen molar-refractivity contribution >= 4 is 5.78 Å². The highest BCUT2D eigenvalue weighted by atomic mass is 16.5. The molecule has 0 aliphatic carbocycles. The van der Waals surface area contributed by atoms with Crippen LogP contribution in [0, 0.1) is 0 Å². The molecule has 0 radical (unpaired) electrons. The average Bonchev–Trinajstić information content (AvgIpc) is 2.80. The summed E-state index contributed by atoms with van der Waals surface area (Å²) in [6.07, 6.45) is 7.27. The second-order valence-corrected chi connectivity index (χ2v) is 3.83. The van der Waals surface area contributed by atoms with Crippen molar-refractivity contribution in [1.29, 1.82) is 0 Å². The van der Waals surface area contributed by atoms with Crippen molar-refractivity contribution in [2.75, 3.05) is 6.61 Å². The van der Waals surface area contributed by atoms with Gasteiger partial charge in [-0.05, 0) is 31.4 Å². The summed E-state index contributed by atoms with van der Waals surface area (Å²) < 4.78 is 5.47. The van der Waals surface area contributed by atoms with Crippen molar-refractivity contribution in [3.8, 4) is 0 Å². The van der Waals surface area contributed by atoms with Crippen molar-refractivity contribution in [2.24, 2.45) is 0 Å². The maximum atomic E-state index is 11.7. The summed E-state index contributed by atoms with van der Waals surface area (Å²) in [6.45, 7) is 0.855. The monoisotopic (exact) mass is 205 g/mol. The highest BCUT2D eigenvalue weighted by Gasteiger charge is 2.16. The molecule has 3 nitrogen and oxygen atoms in total. The first-order valence-corrected chi connectivity index (χ1v) is 5.41. The Hall–Kier alpha value is -1.22. The van der Waals surface area contributed by atoms with Crippen LogP contribution in [0.5, 0.6) is 0 Å². The minimum absolute atomic E-state index is 0.188. The zero-order valence-electron chi connectivity index (χ0n) is 8.69. The van der Waals surface area contributed by atoms with E-state index in [1.54, 1.807) is 24.5 Å². The largest absolute Gasteiger partial charge is 0.378 e.